The van der Waals surface area contributed by atoms with Crippen LogP contribution in [0.15, 0.2) is 16.7 Å². The van der Waals surface area contributed by atoms with E-state index in [1.165, 1.54) is 6.20 Å². The minimum Gasteiger partial charge on any atom is -0.480 e. The summed E-state index contributed by atoms with van der Waals surface area (Å²) in [6, 6.07) is 0.666. The molecule has 0 saturated heterocycles. The van der Waals surface area contributed by atoms with Crippen molar-refractivity contribution in [2.75, 3.05) is 0 Å². The highest BCUT2D eigenvalue weighted by Crippen LogP contribution is 2.19. The normalized spacial score (nSPS) is 12.5. The molecule has 1 rings (SSSR count). The van der Waals surface area contributed by atoms with Crippen molar-refractivity contribution in [3.63, 3.8) is 0 Å². The molecule has 1 aromatic heterocycles. The molecule has 0 aliphatic carbocycles. The molecule has 0 unspecified atom stereocenters. The second kappa shape index (κ2) is 4.72. The van der Waals surface area contributed by atoms with Crippen LogP contribution in [0.1, 0.15) is 5.56 Å². The summed E-state index contributed by atoms with van der Waals surface area (Å²) in [5.74, 6) is -1.04. The Hall–Kier alpha value is -0.650. The summed E-state index contributed by atoms with van der Waals surface area (Å²) in [5.41, 5.74) is 6.12. The molecule has 1 atom stereocenters. The summed E-state index contributed by atoms with van der Waals surface area (Å²) in [5, 5.41) is 8.93. The van der Waals surface area contributed by atoms with Gasteiger partial charge in [0.15, 0.2) is 0 Å². The van der Waals surface area contributed by atoms with E-state index in [0.717, 1.165) is 5.56 Å². The molecule has 0 spiro atoms. The van der Waals surface area contributed by atoms with E-state index in [1.807, 2.05) is 0 Å². The summed E-state index contributed by atoms with van der Waals surface area (Å²) in [4.78, 5) is 14.3. The summed E-state index contributed by atoms with van der Waals surface area (Å²) >= 11 is 8.90. The molecule has 14 heavy (non-hydrogen) atoms. The van der Waals surface area contributed by atoms with Crippen molar-refractivity contribution < 1.29 is 9.90 Å². The van der Waals surface area contributed by atoms with Gasteiger partial charge in [-0.1, -0.05) is 11.6 Å². The van der Waals surface area contributed by atoms with Gasteiger partial charge in [-0.25, -0.2) is 4.98 Å². The van der Waals surface area contributed by atoms with Crippen molar-refractivity contribution >= 4 is 33.5 Å². The zero-order chi connectivity index (χ0) is 10.7. The van der Waals surface area contributed by atoms with Crippen molar-refractivity contribution in [3.05, 3.63) is 27.5 Å². The number of carboxylic acids is 1. The molecule has 6 heteroatoms. The van der Waals surface area contributed by atoms with Crippen molar-refractivity contribution in [3.8, 4) is 0 Å². The number of hydrogen-bond donors (Lipinski definition) is 2. The first-order valence-corrected chi connectivity index (χ1v) is 4.96. The minimum atomic E-state index is -1.04. The molecule has 0 bridgehead atoms. The van der Waals surface area contributed by atoms with Gasteiger partial charge in [-0.2, -0.15) is 0 Å². The summed E-state index contributed by atoms with van der Waals surface area (Å²) < 4.78 is 0.707. The fourth-order valence-electron chi connectivity index (χ4n) is 0.932. The van der Waals surface area contributed by atoms with Gasteiger partial charge in [-0.15, -0.1) is 0 Å². The molecular formula is C8H8BrClN2O2. The zero-order valence-corrected chi connectivity index (χ0v) is 9.42. The molecule has 76 valence electrons. The smallest absolute Gasteiger partial charge is 0.320 e. The van der Waals surface area contributed by atoms with Gasteiger partial charge in [0.25, 0.3) is 0 Å². The third-order valence-corrected chi connectivity index (χ3v) is 2.58. The van der Waals surface area contributed by atoms with Gasteiger partial charge >= 0.3 is 5.97 Å². The Morgan fingerprint density at radius 1 is 1.79 bits per heavy atom. The van der Waals surface area contributed by atoms with Gasteiger partial charge in [0, 0.05) is 10.7 Å². The second-order valence-electron chi connectivity index (χ2n) is 2.75. The predicted molar refractivity (Wildman–Crippen MR) is 56.3 cm³/mol. The number of pyridine rings is 1. The van der Waals surface area contributed by atoms with Crippen molar-refractivity contribution in [1.82, 2.24) is 4.98 Å². The van der Waals surface area contributed by atoms with Crippen molar-refractivity contribution in [2.24, 2.45) is 5.73 Å². The molecule has 0 saturated carbocycles. The number of nitrogens with two attached hydrogens (primary N) is 1. The average Bonchev–Trinajstić information content (AvgIpc) is 2.11. The molecule has 1 heterocycles. The average molecular weight is 280 g/mol. The highest BCUT2D eigenvalue weighted by molar-refractivity contribution is 9.10. The Balaban J connectivity index is 2.85. The van der Waals surface area contributed by atoms with E-state index in [9.17, 15) is 4.79 Å². The molecular weight excluding hydrogens is 271 g/mol. The number of aromatic nitrogens is 1. The van der Waals surface area contributed by atoms with Crippen LogP contribution < -0.4 is 5.73 Å². The first-order valence-electron chi connectivity index (χ1n) is 3.79. The molecule has 4 nitrogen and oxygen atoms in total. The molecule has 0 fully saturated rings. The molecule has 0 aliphatic heterocycles. The SMILES string of the molecule is N[C@@H](Cc1cc(Cl)ncc1Br)C(=O)O. The predicted octanol–water partition coefficient (Wildman–Crippen LogP) is 1.45. The molecule has 3 N–H and O–H groups in total. The lowest BCUT2D eigenvalue weighted by Crippen LogP contribution is -2.32. The molecule has 0 amide bonds. The topological polar surface area (TPSA) is 76.2 Å². The van der Waals surface area contributed by atoms with Crippen LogP contribution in [-0.4, -0.2) is 22.1 Å². The van der Waals surface area contributed by atoms with Crippen LogP contribution in [0.5, 0.6) is 0 Å². The molecule has 0 radical (unpaired) electrons. The van der Waals surface area contributed by atoms with Crippen LogP contribution in [0.3, 0.4) is 0 Å². The van der Waals surface area contributed by atoms with Crippen LogP contribution in [0, 0.1) is 0 Å². The van der Waals surface area contributed by atoms with Gasteiger partial charge in [-0.3, -0.25) is 4.79 Å². The van der Waals surface area contributed by atoms with Crippen LogP contribution in [0.2, 0.25) is 5.15 Å². The van der Waals surface area contributed by atoms with E-state index in [0.29, 0.717) is 9.63 Å². The number of aliphatic carboxylic acids is 1. The maximum atomic E-state index is 10.5. The van der Waals surface area contributed by atoms with Crippen molar-refractivity contribution in [2.45, 2.75) is 12.5 Å². The highest BCUT2D eigenvalue weighted by atomic mass is 79.9. The number of carbonyl (C=O) groups is 1. The lowest BCUT2D eigenvalue weighted by atomic mass is 10.1. The monoisotopic (exact) mass is 278 g/mol. The fraction of sp³-hybridized carbons (Fsp3) is 0.250. The van der Waals surface area contributed by atoms with E-state index >= 15 is 0 Å². The maximum absolute atomic E-state index is 10.5. The largest absolute Gasteiger partial charge is 0.480 e. The lowest BCUT2D eigenvalue weighted by Gasteiger charge is -2.07. The number of nitrogens with zero attached hydrogens (tertiary/aromatic N) is 1. The minimum absolute atomic E-state index is 0.220. The summed E-state index contributed by atoms with van der Waals surface area (Å²) in [7, 11) is 0. The Kier molecular flexibility index (Phi) is 3.86. The quantitative estimate of drug-likeness (QED) is 0.821. The first kappa shape index (κ1) is 11.4. The van der Waals surface area contributed by atoms with Crippen LogP contribution in [0.4, 0.5) is 0 Å². The van der Waals surface area contributed by atoms with Gasteiger partial charge in [0.1, 0.15) is 11.2 Å². The van der Waals surface area contributed by atoms with E-state index in [4.69, 9.17) is 22.4 Å². The van der Waals surface area contributed by atoms with Gasteiger partial charge < -0.3 is 10.8 Å². The van der Waals surface area contributed by atoms with E-state index in [2.05, 4.69) is 20.9 Å². The Bertz CT molecular complexity index is 359. The first-order chi connectivity index (χ1) is 6.50. The van der Waals surface area contributed by atoms with Crippen LogP contribution in [-0.2, 0) is 11.2 Å². The molecule has 0 aromatic carbocycles. The lowest BCUT2D eigenvalue weighted by molar-refractivity contribution is -0.138. The number of halogens is 2. The van der Waals surface area contributed by atoms with Gasteiger partial charge in [-0.05, 0) is 34.0 Å². The third-order valence-electron chi connectivity index (χ3n) is 1.66. The highest BCUT2D eigenvalue weighted by Gasteiger charge is 2.14. The number of rotatable bonds is 3. The van der Waals surface area contributed by atoms with Crippen molar-refractivity contribution in [1.29, 1.82) is 0 Å². The van der Waals surface area contributed by atoms with Crippen LogP contribution in [0.25, 0.3) is 0 Å². The standard InChI is InChI=1S/C8H8BrClN2O2/c9-5-3-12-7(10)2-4(5)1-6(11)8(13)14/h2-3,6H,1,11H2,(H,13,14)/t6-/m0/s1. The third kappa shape index (κ3) is 2.94. The van der Waals surface area contributed by atoms with E-state index in [-0.39, 0.29) is 6.42 Å². The molecule has 0 aliphatic rings. The second-order valence-corrected chi connectivity index (χ2v) is 3.99. The molecule has 1 aromatic rings. The number of carboxylic acid groups (broad SMARTS) is 1. The Labute approximate surface area is 94.2 Å². The van der Waals surface area contributed by atoms with E-state index in [1.54, 1.807) is 6.07 Å². The summed E-state index contributed by atoms with van der Waals surface area (Å²) in [6.45, 7) is 0. The van der Waals surface area contributed by atoms with Crippen LogP contribution >= 0.6 is 27.5 Å². The fourth-order valence-corrected chi connectivity index (χ4v) is 1.49. The Morgan fingerprint density at radius 3 is 3.00 bits per heavy atom. The zero-order valence-electron chi connectivity index (χ0n) is 7.08. The Morgan fingerprint density at radius 2 is 2.43 bits per heavy atom. The van der Waals surface area contributed by atoms with Gasteiger partial charge in [0.2, 0.25) is 0 Å². The number of hydrogen-bond acceptors (Lipinski definition) is 3. The maximum Gasteiger partial charge on any atom is 0.320 e. The van der Waals surface area contributed by atoms with Gasteiger partial charge in [0.05, 0.1) is 0 Å². The van der Waals surface area contributed by atoms with E-state index < -0.39 is 12.0 Å². The summed E-state index contributed by atoms with van der Waals surface area (Å²) in [6.07, 6.45) is 1.74.